The summed E-state index contributed by atoms with van der Waals surface area (Å²) < 4.78 is 1.64. The van der Waals surface area contributed by atoms with Gasteiger partial charge in [0.05, 0.1) is 12.1 Å². The normalized spacial score (nSPS) is 19.2. The van der Waals surface area contributed by atoms with Crippen LogP contribution in [0.2, 0.25) is 0 Å². The van der Waals surface area contributed by atoms with Crippen LogP contribution < -0.4 is 5.32 Å². The van der Waals surface area contributed by atoms with Crippen LogP contribution in [-0.2, 0) is 18.3 Å². The van der Waals surface area contributed by atoms with E-state index in [1.807, 2.05) is 13.2 Å². The predicted molar refractivity (Wildman–Crippen MR) is 64.5 cm³/mol. The van der Waals surface area contributed by atoms with Crippen LogP contribution in [0, 0.1) is 5.41 Å². The largest absolute Gasteiger partial charge is 0.317 e. The number of ketones is 1. The lowest BCUT2D eigenvalue weighted by molar-refractivity contribution is -0.129. The number of rotatable bonds is 4. The fourth-order valence-electron chi connectivity index (χ4n) is 2.56. The van der Waals surface area contributed by atoms with E-state index in [-0.39, 0.29) is 5.41 Å². The molecule has 1 aromatic rings. The highest BCUT2D eigenvalue weighted by molar-refractivity contribution is 5.86. The SMILES string of the molecule is CCC1(C(=O)Cc2cn(C)nn2)CCNCC1. The summed E-state index contributed by atoms with van der Waals surface area (Å²) in [4.78, 5) is 12.4. The minimum atomic E-state index is -0.136. The van der Waals surface area contributed by atoms with Gasteiger partial charge in [0, 0.05) is 18.7 Å². The van der Waals surface area contributed by atoms with Crippen molar-refractivity contribution in [3.8, 4) is 0 Å². The number of carbonyl (C=O) groups excluding carboxylic acids is 1. The minimum Gasteiger partial charge on any atom is -0.317 e. The number of Topliss-reactive ketones (excluding diaryl/α,β-unsaturated/α-hetero) is 1. The lowest BCUT2D eigenvalue weighted by atomic mass is 9.72. The summed E-state index contributed by atoms with van der Waals surface area (Å²) in [7, 11) is 1.82. The van der Waals surface area contributed by atoms with Crippen LogP contribution in [0.5, 0.6) is 0 Å². The van der Waals surface area contributed by atoms with E-state index in [9.17, 15) is 4.79 Å². The van der Waals surface area contributed by atoms with Gasteiger partial charge in [0.25, 0.3) is 0 Å². The summed E-state index contributed by atoms with van der Waals surface area (Å²) in [6, 6.07) is 0. The van der Waals surface area contributed by atoms with Gasteiger partial charge in [-0.1, -0.05) is 12.1 Å². The zero-order valence-electron chi connectivity index (χ0n) is 10.6. The van der Waals surface area contributed by atoms with Gasteiger partial charge in [-0.3, -0.25) is 9.48 Å². The molecule has 17 heavy (non-hydrogen) atoms. The van der Waals surface area contributed by atoms with Gasteiger partial charge in [-0.25, -0.2) is 0 Å². The van der Waals surface area contributed by atoms with Crippen LogP contribution in [-0.4, -0.2) is 33.9 Å². The van der Waals surface area contributed by atoms with Crippen molar-refractivity contribution in [2.45, 2.75) is 32.6 Å². The van der Waals surface area contributed by atoms with Crippen LogP contribution in [0.4, 0.5) is 0 Å². The molecule has 5 heteroatoms. The predicted octanol–water partition coefficient (Wildman–Crippen LogP) is 0.706. The summed E-state index contributed by atoms with van der Waals surface area (Å²) >= 11 is 0. The van der Waals surface area contributed by atoms with Gasteiger partial charge >= 0.3 is 0 Å². The monoisotopic (exact) mass is 236 g/mol. The quantitative estimate of drug-likeness (QED) is 0.836. The summed E-state index contributed by atoms with van der Waals surface area (Å²) in [5, 5.41) is 11.2. The Kier molecular flexibility index (Phi) is 3.57. The molecule has 0 bridgehead atoms. The molecule has 0 spiro atoms. The first-order valence-electron chi connectivity index (χ1n) is 6.25. The van der Waals surface area contributed by atoms with E-state index < -0.39 is 0 Å². The third-order valence-corrected chi connectivity index (χ3v) is 3.82. The Hall–Kier alpha value is -1.23. The van der Waals surface area contributed by atoms with Gasteiger partial charge < -0.3 is 5.32 Å². The van der Waals surface area contributed by atoms with Gasteiger partial charge in [-0.05, 0) is 32.4 Å². The molecule has 1 aromatic heterocycles. The summed E-state index contributed by atoms with van der Waals surface area (Å²) in [6.07, 6.45) is 5.06. The van der Waals surface area contributed by atoms with E-state index in [0.717, 1.165) is 38.0 Å². The molecule has 94 valence electrons. The maximum absolute atomic E-state index is 12.4. The van der Waals surface area contributed by atoms with E-state index in [0.29, 0.717) is 12.2 Å². The molecule has 0 radical (unpaired) electrons. The van der Waals surface area contributed by atoms with Gasteiger partial charge in [-0.15, -0.1) is 5.10 Å². The van der Waals surface area contributed by atoms with Crippen molar-refractivity contribution < 1.29 is 4.79 Å². The summed E-state index contributed by atoms with van der Waals surface area (Å²) in [6.45, 7) is 4.00. The molecular weight excluding hydrogens is 216 g/mol. The molecule has 0 unspecified atom stereocenters. The highest BCUT2D eigenvalue weighted by atomic mass is 16.1. The molecule has 0 aromatic carbocycles. The maximum atomic E-state index is 12.4. The third-order valence-electron chi connectivity index (χ3n) is 3.82. The van der Waals surface area contributed by atoms with Crippen LogP contribution >= 0.6 is 0 Å². The molecule has 1 fully saturated rings. The summed E-state index contributed by atoms with van der Waals surface area (Å²) in [5.74, 6) is 0.321. The molecule has 2 rings (SSSR count). The van der Waals surface area contributed by atoms with Gasteiger partial charge in [0.15, 0.2) is 0 Å². The third kappa shape index (κ3) is 2.54. The van der Waals surface area contributed by atoms with Crippen molar-refractivity contribution in [2.24, 2.45) is 12.5 Å². The molecule has 0 atom stereocenters. The first-order chi connectivity index (χ1) is 8.16. The second-order valence-electron chi connectivity index (χ2n) is 4.87. The first kappa shape index (κ1) is 12.2. The summed E-state index contributed by atoms with van der Waals surface area (Å²) in [5.41, 5.74) is 0.645. The number of aromatic nitrogens is 3. The molecule has 1 N–H and O–H groups in total. The molecule has 1 aliphatic rings. The average molecular weight is 236 g/mol. The first-order valence-corrected chi connectivity index (χ1v) is 6.25. The van der Waals surface area contributed by atoms with E-state index in [1.54, 1.807) is 4.68 Å². The maximum Gasteiger partial charge on any atom is 0.145 e. The van der Waals surface area contributed by atoms with Crippen LogP contribution in [0.1, 0.15) is 31.9 Å². The molecule has 1 aliphatic heterocycles. The number of aryl methyl sites for hydroxylation is 1. The Labute approximate surface area is 102 Å². The van der Waals surface area contributed by atoms with E-state index >= 15 is 0 Å². The second-order valence-corrected chi connectivity index (χ2v) is 4.87. The molecule has 0 aliphatic carbocycles. The highest BCUT2D eigenvalue weighted by Crippen LogP contribution is 2.34. The molecule has 2 heterocycles. The Morgan fingerprint density at radius 2 is 2.24 bits per heavy atom. The number of hydrogen-bond acceptors (Lipinski definition) is 4. The van der Waals surface area contributed by atoms with Crippen molar-refractivity contribution in [3.63, 3.8) is 0 Å². The lowest BCUT2D eigenvalue weighted by Crippen LogP contribution is -2.42. The highest BCUT2D eigenvalue weighted by Gasteiger charge is 2.37. The van der Waals surface area contributed by atoms with Crippen LogP contribution in [0.25, 0.3) is 0 Å². The molecular formula is C12H20N4O. The standard InChI is InChI=1S/C12H20N4O/c1-3-12(4-6-13-7-5-12)11(17)8-10-9-16(2)15-14-10/h9,13H,3-8H2,1-2H3. The van der Waals surface area contributed by atoms with E-state index in [4.69, 9.17) is 0 Å². The lowest BCUT2D eigenvalue weighted by Gasteiger charge is -2.35. The average Bonchev–Trinajstić information content (AvgIpc) is 2.75. The van der Waals surface area contributed by atoms with Gasteiger partial charge in [0.2, 0.25) is 0 Å². The Bertz CT molecular complexity index is 393. The Morgan fingerprint density at radius 3 is 2.76 bits per heavy atom. The smallest absolute Gasteiger partial charge is 0.145 e. The van der Waals surface area contributed by atoms with Crippen molar-refractivity contribution in [1.82, 2.24) is 20.3 Å². The van der Waals surface area contributed by atoms with Crippen molar-refractivity contribution in [2.75, 3.05) is 13.1 Å². The van der Waals surface area contributed by atoms with E-state index in [2.05, 4.69) is 22.6 Å². The number of hydrogen-bond donors (Lipinski definition) is 1. The topological polar surface area (TPSA) is 59.8 Å². The van der Waals surface area contributed by atoms with Gasteiger partial charge in [-0.2, -0.15) is 0 Å². The van der Waals surface area contributed by atoms with Crippen molar-refractivity contribution >= 4 is 5.78 Å². The van der Waals surface area contributed by atoms with Crippen molar-refractivity contribution in [3.05, 3.63) is 11.9 Å². The Balaban J connectivity index is 2.07. The van der Waals surface area contributed by atoms with Crippen LogP contribution in [0.15, 0.2) is 6.20 Å². The zero-order valence-corrected chi connectivity index (χ0v) is 10.6. The fourth-order valence-corrected chi connectivity index (χ4v) is 2.56. The molecule has 0 saturated carbocycles. The molecule has 1 saturated heterocycles. The van der Waals surface area contributed by atoms with Crippen molar-refractivity contribution in [1.29, 1.82) is 0 Å². The minimum absolute atomic E-state index is 0.136. The number of nitrogens with one attached hydrogen (secondary N) is 1. The number of piperidine rings is 1. The molecule has 5 nitrogen and oxygen atoms in total. The molecule has 0 amide bonds. The van der Waals surface area contributed by atoms with Crippen LogP contribution in [0.3, 0.4) is 0 Å². The van der Waals surface area contributed by atoms with Gasteiger partial charge in [0.1, 0.15) is 5.78 Å². The Morgan fingerprint density at radius 1 is 1.53 bits per heavy atom. The second kappa shape index (κ2) is 4.96. The zero-order chi connectivity index (χ0) is 12.3. The van der Waals surface area contributed by atoms with E-state index in [1.165, 1.54) is 0 Å². The fraction of sp³-hybridized carbons (Fsp3) is 0.750. The number of nitrogens with zero attached hydrogens (tertiary/aromatic N) is 3. The number of carbonyl (C=O) groups is 1.